The summed E-state index contributed by atoms with van der Waals surface area (Å²) in [4.78, 5) is 12.4. The largest absolute Gasteiger partial charge is 0.494 e. The van der Waals surface area contributed by atoms with Crippen molar-refractivity contribution < 1.29 is 14.6 Å². The second-order valence-electron chi connectivity index (χ2n) is 4.54. The number of carboxylic acids is 1. The van der Waals surface area contributed by atoms with Gasteiger partial charge in [0.2, 0.25) is 0 Å². The molecule has 1 aromatic rings. The van der Waals surface area contributed by atoms with E-state index < -0.39 is 5.97 Å². The van der Waals surface area contributed by atoms with Gasteiger partial charge in [-0.3, -0.25) is 9.69 Å². The lowest BCUT2D eigenvalue weighted by molar-refractivity contribution is -0.138. The standard InChI is InChI=1S/C14H21NO3/c1-5-18-13-7-10(2)12(6-11(13)3)8-15(4)9-14(16)17/h6-7H,5,8-9H2,1-4H3,(H,16,17). The van der Waals surface area contributed by atoms with Crippen molar-refractivity contribution in [3.63, 3.8) is 0 Å². The number of rotatable bonds is 6. The van der Waals surface area contributed by atoms with Crippen molar-refractivity contribution in [3.8, 4) is 5.75 Å². The molecular weight excluding hydrogens is 230 g/mol. The van der Waals surface area contributed by atoms with Gasteiger partial charge in [-0.1, -0.05) is 6.07 Å². The fourth-order valence-corrected chi connectivity index (χ4v) is 1.91. The molecule has 0 radical (unpaired) electrons. The summed E-state index contributed by atoms with van der Waals surface area (Å²) < 4.78 is 5.53. The predicted octanol–water partition coefficient (Wildman–Crippen LogP) is 2.22. The molecule has 18 heavy (non-hydrogen) atoms. The number of carboxylic acid groups (broad SMARTS) is 1. The summed E-state index contributed by atoms with van der Waals surface area (Å²) >= 11 is 0. The number of aliphatic carboxylic acids is 1. The molecule has 0 heterocycles. The van der Waals surface area contributed by atoms with Crippen molar-refractivity contribution in [2.24, 2.45) is 0 Å². The number of hydrogen-bond acceptors (Lipinski definition) is 3. The van der Waals surface area contributed by atoms with Crippen molar-refractivity contribution >= 4 is 5.97 Å². The Morgan fingerprint density at radius 2 is 2.00 bits per heavy atom. The van der Waals surface area contributed by atoms with Gasteiger partial charge in [0.05, 0.1) is 13.2 Å². The van der Waals surface area contributed by atoms with Crippen molar-refractivity contribution in [3.05, 3.63) is 28.8 Å². The number of likely N-dealkylation sites (N-methyl/N-ethyl adjacent to an activating group) is 1. The third-order valence-corrected chi connectivity index (χ3v) is 2.78. The molecular formula is C14H21NO3. The Hall–Kier alpha value is -1.55. The monoisotopic (exact) mass is 251 g/mol. The van der Waals surface area contributed by atoms with E-state index >= 15 is 0 Å². The van der Waals surface area contributed by atoms with Crippen LogP contribution in [0.3, 0.4) is 0 Å². The summed E-state index contributed by atoms with van der Waals surface area (Å²) in [6, 6.07) is 4.08. The first-order chi connectivity index (χ1) is 8.43. The van der Waals surface area contributed by atoms with E-state index in [0.29, 0.717) is 13.2 Å². The summed E-state index contributed by atoms with van der Waals surface area (Å²) in [5.74, 6) is 0.0949. The smallest absolute Gasteiger partial charge is 0.317 e. The molecule has 0 aliphatic heterocycles. The van der Waals surface area contributed by atoms with Crippen LogP contribution in [0.25, 0.3) is 0 Å². The quantitative estimate of drug-likeness (QED) is 0.842. The Morgan fingerprint density at radius 3 is 2.56 bits per heavy atom. The average molecular weight is 251 g/mol. The molecule has 0 saturated heterocycles. The third-order valence-electron chi connectivity index (χ3n) is 2.78. The van der Waals surface area contributed by atoms with Gasteiger partial charge in [-0.25, -0.2) is 0 Å². The minimum absolute atomic E-state index is 0.0473. The molecule has 100 valence electrons. The molecule has 0 atom stereocenters. The van der Waals surface area contributed by atoms with Gasteiger partial charge in [0.1, 0.15) is 5.75 Å². The molecule has 0 fully saturated rings. The van der Waals surface area contributed by atoms with Crippen LogP contribution in [0, 0.1) is 13.8 Å². The first kappa shape index (κ1) is 14.5. The van der Waals surface area contributed by atoms with E-state index in [1.54, 1.807) is 11.9 Å². The molecule has 0 aliphatic rings. The Bertz CT molecular complexity index is 429. The molecule has 0 saturated carbocycles. The first-order valence-corrected chi connectivity index (χ1v) is 6.07. The number of benzene rings is 1. The highest BCUT2D eigenvalue weighted by atomic mass is 16.5. The van der Waals surface area contributed by atoms with E-state index in [9.17, 15) is 4.79 Å². The second kappa shape index (κ2) is 6.40. The van der Waals surface area contributed by atoms with Crippen LogP contribution in [0.15, 0.2) is 12.1 Å². The zero-order chi connectivity index (χ0) is 13.7. The highest BCUT2D eigenvalue weighted by molar-refractivity contribution is 5.69. The molecule has 1 N–H and O–H groups in total. The van der Waals surface area contributed by atoms with Crippen LogP contribution in [0.2, 0.25) is 0 Å². The van der Waals surface area contributed by atoms with Gasteiger partial charge >= 0.3 is 5.97 Å². The van der Waals surface area contributed by atoms with Crippen molar-refractivity contribution in [1.29, 1.82) is 0 Å². The van der Waals surface area contributed by atoms with Crippen molar-refractivity contribution in [2.75, 3.05) is 20.2 Å². The highest BCUT2D eigenvalue weighted by Gasteiger charge is 2.09. The lowest BCUT2D eigenvalue weighted by atomic mass is 10.0. The first-order valence-electron chi connectivity index (χ1n) is 6.07. The molecule has 4 heteroatoms. The molecule has 1 aromatic carbocycles. The predicted molar refractivity (Wildman–Crippen MR) is 71.1 cm³/mol. The molecule has 0 bridgehead atoms. The van der Waals surface area contributed by atoms with Gasteiger partial charge in [-0.2, -0.15) is 0 Å². The zero-order valence-electron chi connectivity index (χ0n) is 11.5. The average Bonchev–Trinajstić information content (AvgIpc) is 2.24. The SMILES string of the molecule is CCOc1cc(C)c(CN(C)CC(=O)O)cc1C. The van der Waals surface area contributed by atoms with Gasteiger partial charge in [0.25, 0.3) is 0 Å². The lowest BCUT2D eigenvalue weighted by Crippen LogP contribution is -2.25. The summed E-state index contributed by atoms with van der Waals surface area (Å²) in [5.41, 5.74) is 3.35. The van der Waals surface area contributed by atoms with E-state index in [2.05, 4.69) is 6.07 Å². The molecule has 4 nitrogen and oxygen atoms in total. The van der Waals surface area contributed by atoms with E-state index in [-0.39, 0.29) is 6.54 Å². The normalized spacial score (nSPS) is 10.7. The lowest BCUT2D eigenvalue weighted by Gasteiger charge is -2.17. The number of nitrogens with zero attached hydrogens (tertiary/aromatic N) is 1. The van der Waals surface area contributed by atoms with Crippen LogP contribution in [-0.2, 0) is 11.3 Å². The molecule has 0 aromatic heterocycles. The van der Waals surface area contributed by atoms with Crippen LogP contribution in [0.4, 0.5) is 0 Å². The van der Waals surface area contributed by atoms with Gasteiger partial charge in [-0.15, -0.1) is 0 Å². The Labute approximate surface area is 108 Å². The molecule has 0 spiro atoms. The minimum atomic E-state index is -0.808. The van der Waals surface area contributed by atoms with Crippen LogP contribution >= 0.6 is 0 Å². The van der Waals surface area contributed by atoms with Crippen molar-refractivity contribution in [1.82, 2.24) is 4.90 Å². The van der Waals surface area contributed by atoms with Crippen LogP contribution in [0.5, 0.6) is 5.75 Å². The van der Waals surface area contributed by atoms with Crippen LogP contribution in [-0.4, -0.2) is 36.2 Å². The number of aryl methyl sites for hydroxylation is 2. The van der Waals surface area contributed by atoms with E-state index in [1.165, 1.54) is 0 Å². The van der Waals surface area contributed by atoms with E-state index in [4.69, 9.17) is 9.84 Å². The zero-order valence-corrected chi connectivity index (χ0v) is 11.5. The van der Waals surface area contributed by atoms with Crippen LogP contribution < -0.4 is 4.74 Å². The fraction of sp³-hybridized carbons (Fsp3) is 0.500. The van der Waals surface area contributed by atoms with Gasteiger partial charge in [0.15, 0.2) is 0 Å². The summed E-state index contributed by atoms with van der Waals surface area (Å²) in [6.45, 7) is 7.32. The maximum Gasteiger partial charge on any atom is 0.317 e. The molecule has 0 aliphatic carbocycles. The van der Waals surface area contributed by atoms with Gasteiger partial charge in [0, 0.05) is 6.54 Å². The molecule has 1 rings (SSSR count). The Balaban J connectivity index is 2.84. The van der Waals surface area contributed by atoms with E-state index in [0.717, 1.165) is 22.4 Å². The second-order valence-corrected chi connectivity index (χ2v) is 4.54. The Morgan fingerprint density at radius 1 is 1.33 bits per heavy atom. The topological polar surface area (TPSA) is 49.8 Å². The van der Waals surface area contributed by atoms with Crippen LogP contribution in [0.1, 0.15) is 23.6 Å². The minimum Gasteiger partial charge on any atom is -0.494 e. The van der Waals surface area contributed by atoms with Gasteiger partial charge < -0.3 is 9.84 Å². The van der Waals surface area contributed by atoms with Gasteiger partial charge in [-0.05, 0) is 50.6 Å². The maximum atomic E-state index is 10.6. The third kappa shape index (κ3) is 4.04. The maximum absolute atomic E-state index is 10.6. The fourth-order valence-electron chi connectivity index (χ4n) is 1.91. The number of carbonyl (C=O) groups is 1. The van der Waals surface area contributed by atoms with Crippen molar-refractivity contribution in [2.45, 2.75) is 27.3 Å². The Kier molecular flexibility index (Phi) is 5.16. The number of ether oxygens (including phenoxy) is 1. The molecule has 0 amide bonds. The summed E-state index contributed by atoms with van der Waals surface area (Å²) in [5, 5.41) is 8.74. The molecule has 0 unspecified atom stereocenters. The summed E-state index contributed by atoms with van der Waals surface area (Å²) in [6.07, 6.45) is 0. The number of hydrogen-bond donors (Lipinski definition) is 1. The highest BCUT2D eigenvalue weighted by Crippen LogP contribution is 2.23. The summed E-state index contributed by atoms with van der Waals surface area (Å²) in [7, 11) is 1.80. The van der Waals surface area contributed by atoms with E-state index in [1.807, 2.05) is 26.8 Å².